The third-order valence-corrected chi connectivity index (χ3v) is 4.41. The van der Waals surface area contributed by atoms with Crippen molar-refractivity contribution < 1.29 is 18.7 Å². The molecule has 0 radical (unpaired) electrons. The third kappa shape index (κ3) is 4.63. The molecule has 8 heteroatoms. The van der Waals surface area contributed by atoms with Crippen molar-refractivity contribution in [2.75, 3.05) is 45.2 Å². The van der Waals surface area contributed by atoms with Gasteiger partial charge in [0, 0.05) is 37.8 Å². The van der Waals surface area contributed by atoms with E-state index in [-0.39, 0.29) is 23.4 Å². The summed E-state index contributed by atoms with van der Waals surface area (Å²) >= 11 is 5.95. The van der Waals surface area contributed by atoms with Gasteiger partial charge in [0.2, 0.25) is 11.8 Å². The number of halogens is 2. The first-order chi connectivity index (χ1) is 12.0. The summed E-state index contributed by atoms with van der Waals surface area (Å²) in [6.07, 6.45) is 1.27. The second kappa shape index (κ2) is 8.71. The molecular weight excluding hydrogens is 349 g/mol. The van der Waals surface area contributed by atoms with Gasteiger partial charge in [-0.15, -0.1) is 0 Å². The summed E-state index contributed by atoms with van der Waals surface area (Å²) in [7, 11) is 1.48. The quantitative estimate of drug-likeness (QED) is 0.780. The fourth-order valence-corrected chi connectivity index (χ4v) is 2.80. The Bertz CT molecular complexity index is 661. The molecule has 1 aromatic carbocycles. The molecule has 1 aromatic rings. The van der Waals surface area contributed by atoms with Crippen molar-refractivity contribution in [1.82, 2.24) is 9.80 Å². The molecule has 25 heavy (non-hydrogen) atoms. The molecule has 1 heterocycles. The van der Waals surface area contributed by atoms with Gasteiger partial charge in [-0.2, -0.15) is 0 Å². The molecule has 0 unspecified atom stereocenters. The van der Waals surface area contributed by atoms with Crippen molar-refractivity contribution in [3.05, 3.63) is 35.4 Å². The first-order valence-corrected chi connectivity index (χ1v) is 8.23. The average Bonchev–Trinajstić information content (AvgIpc) is 2.65. The zero-order valence-corrected chi connectivity index (χ0v) is 14.8. The number of hydrogen-bond donors (Lipinski definition) is 1. The van der Waals surface area contributed by atoms with Crippen LogP contribution in [-0.4, -0.2) is 61.4 Å². The largest absolute Gasteiger partial charge is 0.495 e. The van der Waals surface area contributed by atoms with Gasteiger partial charge in [0.25, 0.3) is 0 Å². The first kappa shape index (κ1) is 19.1. The Labute approximate surface area is 151 Å². The molecule has 0 bridgehead atoms. The molecule has 2 amide bonds. The molecule has 0 atom stereocenters. The molecule has 1 aliphatic heterocycles. The van der Waals surface area contributed by atoms with Crippen LogP contribution in [0, 0.1) is 0 Å². The van der Waals surface area contributed by atoms with Gasteiger partial charge >= 0.3 is 0 Å². The summed E-state index contributed by atoms with van der Waals surface area (Å²) < 4.78 is 18.2. The van der Waals surface area contributed by atoms with Crippen LogP contribution >= 0.6 is 11.6 Å². The lowest BCUT2D eigenvalue weighted by molar-refractivity contribution is -0.135. The van der Waals surface area contributed by atoms with Gasteiger partial charge in [0.1, 0.15) is 12.4 Å². The predicted molar refractivity (Wildman–Crippen MR) is 94.7 cm³/mol. The zero-order valence-electron chi connectivity index (χ0n) is 14.1. The molecular formula is C17H21ClFN3O3. The summed E-state index contributed by atoms with van der Waals surface area (Å²) in [5.74, 6) is 0.204. The number of hydrogen-bond acceptors (Lipinski definition) is 4. The fourth-order valence-electron chi connectivity index (χ4n) is 2.60. The van der Waals surface area contributed by atoms with Crippen LogP contribution in [0.4, 0.5) is 10.1 Å². The third-order valence-electron chi connectivity index (χ3n) is 4.06. The van der Waals surface area contributed by atoms with Crippen molar-refractivity contribution in [3.63, 3.8) is 0 Å². The molecule has 1 N–H and O–H groups in total. The Kier molecular flexibility index (Phi) is 6.64. The Morgan fingerprint density at radius 2 is 1.96 bits per heavy atom. The SMILES string of the molecule is C=CC(=O)N1CCN(C(=O)CNc2cc(CF)c(Cl)cc2OC)CC1. The van der Waals surface area contributed by atoms with E-state index < -0.39 is 6.67 Å². The van der Waals surface area contributed by atoms with Crippen LogP contribution in [0.25, 0.3) is 0 Å². The molecule has 0 saturated carbocycles. The van der Waals surface area contributed by atoms with Gasteiger partial charge in [-0.05, 0) is 12.1 Å². The minimum Gasteiger partial charge on any atom is -0.495 e. The summed E-state index contributed by atoms with van der Waals surface area (Å²) in [4.78, 5) is 27.2. The van der Waals surface area contributed by atoms with E-state index in [4.69, 9.17) is 16.3 Å². The molecule has 2 rings (SSSR count). The van der Waals surface area contributed by atoms with Crippen molar-refractivity contribution in [3.8, 4) is 5.75 Å². The maximum atomic E-state index is 13.0. The monoisotopic (exact) mass is 369 g/mol. The number of amides is 2. The van der Waals surface area contributed by atoms with Gasteiger partial charge in [-0.1, -0.05) is 18.2 Å². The van der Waals surface area contributed by atoms with Crippen LogP contribution in [0.5, 0.6) is 5.75 Å². The number of methoxy groups -OCH3 is 1. The number of carbonyl (C=O) groups excluding carboxylic acids is 2. The number of ether oxygens (including phenoxy) is 1. The van der Waals surface area contributed by atoms with Gasteiger partial charge in [-0.25, -0.2) is 4.39 Å². The average molecular weight is 370 g/mol. The summed E-state index contributed by atoms with van der Waals surface area (Å²) in [5, 5.41) is 3.25. The molecule has 1 aliphatic rings. The topological polar surface area (TPSA) is 61.9 Å². The van der Waals surface area contributed by atoms with Crippen LogP contribution in [0.3, 0.4) is 0 Å². The van der Waals surface area contributed by atoms with E-state index in [0.29, 0.717) is 43.2 Å². The van der Waals surface area contributed by atoms with E-state index >= 15 is 0 Å². The number of anilines is 1. The highest BCUT2D eigenvalue weighted by atomic mass is 35.5. The van der Waals surface area contributed by atoms with Crippen molar-refractivity contribution >= 4 is 29.1 Å². The van der Waals surface area contributed by atoms with E-state index in [0.717, 1.165) is 0 Å². The fraction of sp³-hybridized carbons (Fsp3) is 0.412. The Hall–Kier alpha value is -2.28. The number of nitrogens with zero attached hydrogens (tertiary/aromatic N) is 2. The number of alkyl halides is 1. The van der Waals surface area contributed by atoms with Gasteiger partial charge in [0.05, 0.1) is 24.4 Å². The minimum atomic E-state index is -0.704. The van der Waals surface area contributed by atoms with Gasteiger partial charge < -0.3 is 19.9 Å². The Morgan fingerprint density at radius 1 is 1.32 bits per heavy atom. The molecule has 0 spiro atoms. The number of piperazine rings is 1. The number of rotatable bonds is 6. The number of carbonyl (C=O) groups is 2. The van der Waals surface area contributed by atoms with Crippen molar-refractivity contribution in [2.45, 2.75) is 6.67 Å². The lowest BCUT2D eigenvalue weighted by atomic mass is 10.2. The van der Waals surface area contributed by atoms with Gasteiger partial charge in [-0.3, -0.25) is 9.59 Å². The highest BCUT2D eigenvalue weighted by Crippen LogP contribution is 2.31. The molecule has 1 fully saturated rings. The van der Waals surface area contributed by atoms with E-state index in [2.05, 4.69) is 11.9 Å². The highest BCUT2D eigenvalue weighted by molar-refractivity contribution is 6.31. The molecule has 1 saturated heterocycles. The van der Waals surface area contributed by atoms with E-state index in [1.54, 1.807) is 9.80 Å². The highest BCUT2D eigenvalue weighted by Gasteiger charge is 2.23. The smallest absolute Gasteiger partial charge is 0.246 e. The Balaban J connectivity index is 1.94. The Morgan fingerprint density at radius 3 is 2.52 bits per heavy atom. The molecule has 0 aromatic heterocycles. The van der Waals surface area contributed by atoms with Crippen LogP contribution in [-0.2, 0) is 16.3 Å². The standard InChI is InChI=1S/C17H21ClFN3O3/c1-3-16(23)21-4-6-22(7-5-21)17(24)11-20-14-8-12(10-19)13(18)9-15(14)25-2/h3,8-9,20H,1,4-7,10-11H2,2H3. The predicted octanol–water partition coefficient (Wildman–Crippen LogP) is 2.09. The van der Waals surface area contributed by atoms with Crippen molar-refractivity contribution in [2.24, 2.45) is 0 Å². The second-order valence-electron chi connectivity index (χ2n) is 5.54. The lowest BCUT2D eigenvalue weighted by Gasteiger charge is -2.34. The van der Waals surface area contributed by atoms with Crippen molar-refractivity contribution in [1.29, 1.82) is 0 Å². The van der Waals surface area contributed by atoms with Crippen LogP contribution in [0.2, 0.25) is 5.02 Å². The van der Waals surface area contributed by atoms with Crippen LogP contribution in [0.15, 0.2) is 24.8 Å². The van der Waals surface area contributed by atoms with E-state index in [1.165, 1.54) is 25.3 Å². The zero-order chi connectivity index (χ0) is 18.4. The van der Waals surface area contributed by atoms with Crippen LogP contribution in [0.1, 0.15) is 5.56 Å². The lowest BCUT2D eigenvalue weighted by Crippen LogP contribution is -2.51. The number of nitrogens with one attached hydrogen (secondary N) is 1. The molecule has 136 valence electrons. The summed E-state index contributed by atoms with van der Waals surface area (Å²) in [6.45, 7) is 4.69. The molecule has 6 nitrogen and oxygen atoms in total. The van der Waals surface area contributed by atoms with Crippen LogP contribution < -0.4 is 10.1 Å². The summed E-state index contributed by atoms with van der Waals surface area (Å²) in [6, 6.07) is 3.05. The maximum absolute atomic E-state index is 13.0. The molecule has 0 aliphatic carbocycles. The normalized spacial score (nSPS) is 14.2. The number of benzene rings is 1. The van der Waals surface area contributed by atoms with E-state index in [9.17, 15) is 14.0 Å². The summed E-state index contributed by atoms with van der Waals surface area (Å²) in [5.41, 5.74) is 0.835. The minimum absolute atomic E-state index is 0.0408. The maximum Gasteiger partial charge on any atom is 0.246 e. The van der Waals surface area contributed by atoms with Gasteiger partial charge in [0.15, 0.2) is 0 Å². The second-order valence-corrected chi connectivity index (χ2v) is 5.95. The first-order valence-electron chi connectivity index (χ1n) is 7.85. The van der Waals surface area contributed by atoms with E-state index in [1.807, 2.05) is 0 Å².